The first-order chi connectivity index (χ1) is 6.65. The molecule has 0 saturated carbocycles. The van der Waals surface area contributed by atoms with Crippen LogP contribution >= 0.6 is 11.6 Å². The molecule has 3 N–H and O–H groups in total. The van der Waals surface area contributed by atoms with E-state index in [4.69, 9.17) is 22.1 Å². The van der Waals surface area contributed by atoms with Crippen LogP contribution in [0.15, 0.2) is 0 Å². The second kappa shape index (κ2) is 4.92. The van der Waals surface area contributed by atoms with Crippen LogP contribution in [-0.4, -0.2) is 34.6 Å². The first-order valence-electron chi connectivity index (χ1n) is 4.08. The van der Waals surface area contributed by atoms with Crippen LogP contribution in [0.3, 0.4) is 0 Å². The Labute approximate surface area is 86.9 Å². The molecule has 0 aliphatic heterocycles. The second-order valence-electron chi connectivity index (χ2n) is 2.70. The standard InChI is InChI=1S/C7H12ClN5O/c1-4(3-9)10-6-11-5(8)12-7(13-6)14-2/h4H,3,9H2,1-2H3,(H,10,11,12,13). The fraction of sp³-hybridized carbons (Fsp3) is 0.571. The molecule has 1 heterocycles. The number of rotatable bonds is 4. The maximum absolute atomic E-state index is 5.64. The van der Waals surface area contributed by atoms with Gasteiger partial charge in [-0.2, -0.15) is 15.0 Å². The van der Waals surface area contributed by atoms with E-state index in [1.807, 2.05) is 6.92 Å². The average molecular weight is 218 g/mol. The van der Waals surface area contributed by atoms with Gasteiger partial charge in [-0.15, -0.1) is 0 Å². The van der Waals surface area contributed by atoms with Crippen LogP contribution in [0.4, 0.5) is 5.95 Å². The summed E-state index contributed by atoms with van der Waals surface area (Å²) >= 11 is 5.64. The van der Waals surface area contributed by atoms with Crippen molar-refractivity contribution in [3.8, 4) is 6.01 Å². The van der Waals surface area contributed by atoms with Gasteiger partial charge in [-0.1, -0.05) is 0 Å². The Morgan fingerprint density at radius 2 is 2.21 bits per heavy atom. The highest BCUT2D eigenvalue weighted by molar-refractivity contribution is 6.28. The molecule has 7 heteroatoms. The van der Waals surface area contributed by atoms with E-state index < -0.39 is 0 Å². The minimum absolute atomic E-state index is 0.0678. The zero-order chi connectivity index (χ0) is 10.6. The fourth-order valence-electron chi connectivity index (χ4n) is 0.767. The fourth-order valence-corrected chi connectivity index (χ4v) is 0.919. The molecule has 0 spiro atoms. The number of anilines is 1. The summed E-state index contributed by atoms with van der Waals surface area (Å²) in [6.45, 7) is 2.38. The zero-order valence-corrected chi connectivity index (χ0v) is 8.75. The van der Waals surface area contributed by atoms with Crippen LogP contribution in [-0.2, 0) is 0 Å². The lowest BCUT2D eigenvalue weighted by Crippen LogP contribution is -2.26. The van der Waals surface area contributed by atoms with E-state index in [2.05, 4.69) is 20.3 Å². The van der Waals surface area contributed by atoms with E-state index in [9.17, 15) is 0 Å². The third-order valence-corrected chi connectivity index (χ3v) is 1.67. The molecule has 1 unspecified atom stereocenters. The van der Waals surface area contributed by atoms with E-state index in [0.29, 0.717) is 12.5 Å². The first-order valence-corrected chi connectivity index (χ1v) is 4.45. The molecule has 0 aromatic carbocycles. The highest BCUT2D eigenvalue weighted by Gasteiger charge is 2.06. The van der Waals surface area contributed by atoms with Crippen LogP contribution in [0.1, 0.15) is 6.92 Å². The van der Waals surface area contributed by atoms with E-state index >= 15 is 0 Å². The number of nitrogens with one attached hydrogen (secondary N) is 1. The van der Waals surface area contributed by atoms with E-state index in [-0.39, 0.29) is 17.3 Å². The predicted molar refractivity (Wildman–Crippen MR) is 53.5 cm³/mol. The van der Waals surface area contributed by atoms with Gasteiger partial charge in [-0.3, -0.25) is 0 Å². The molecule has 1 aromatic rings. The molecule has 14 heavy (non-hydrogen) atoms. The van der Waals surface area contributed by atoms with Crippen molar-refractivity contribution in [1.29, 1.82) is 0 Å². The summed E-state index contributed by atoms with van der Waals surface area (Å²) in [4.78, 5) is 11.5. The van der Waals surface area contributed by atoms with E-state index in [1.165, 1.54) is 7.11 Å². The smallest absolute Gasteiger partial charge is 0.322 e. The summed E-state index contributed by atoms with van der Waals surface area (Å²) < 4.78 is 4.83. The number of hydrogen-bond acceptors (Lipinski definition) is 6. The third kappa shape index (κ3) is 2.97. The molecule has 1 atom stereocenters. The van der Waals surface area contributed by atoms with Crippen LogP contribution in [0, 0.1) is 0 Å². The van der Waals surface area contributed by atoms with Gasteiger partial charge in [0.1, 0.15) is 0 Å². The summed E-state index contributed by atoms with van der Waals surface area (Å²) in [6, 6.07) is 0.245. The van der Waals surface area contributed by atoms with Gasteiger partial charge in [0.2, 0.25) is 11.2 Å². The Kier molecular flexibility index (Phi) is 3.84. The SMILES string of the molecule is COc1nc(Cl)nc(NC(C)CN)n1. The minimum atomic E-state index is 0.0678. The lowest BCUT2D eigenvalue weighted by atomic mass is 10.3. The first kappa shape index (κ1) is 10.9. The number of hydrogen-bond donors (Lipinski definition) is 2. The van der Waals surface area contributed by atoms with Gasteiger partial charge in [0.25, 0.3) is 0 Å². The molecule has 0 amide bonds. The van der Waals surface area contributed by atoms with Crippen molar-refractivity contribution >= 4 is 17.5 Å². The predicted octanol–water partition coefficient (Wildman–Crippen LogP) is 0.293. The lowest BCUT2D eigenvalue weighted by Gasteiger charge is -2.10. The Hall–Kier alpha value is -1.14. The third-order valence-electron chi connectivity index (χ3n) is 1.50. The minimum Gasteiger partial charge on any atom is -0.467 e. The highest BCUT2D eigenvalue weighted by atomic mass is 35.5. The number of halogens is 1. The van der Waals surface area contributed by atoms with Crippen molar-refractivity contribution < 1.29 is 4.74 Å². The monoisotopic (exact) mass is 217 g/mol. The number of ether oxygens (including phenoxy) is 1. The van der Waals surface area contributed by atoms with Gasteiger partial charge in [0.05, 0.1) is 7.11 Å². The summed E-state index contributed by atoms with van der Waals surface area (Å²) in [7, 11) is 1.46. The van der Waals surface area contributed by atoms with Gasteiger partial charge in [0, 0.05) is 12.6 Å². The van der Waals surface area contributed by atoms with Crippen molar-refractivity contribution in [1.82, 2.24) is 15.0 Å². The summed E-state index contributed by atoms with van der Waals surface area (Å²) in [5.74, 6) is 0.361. The van der Waals surface area contributed by atoms with Crippen molar-refractivity contribution in [2.75, 3.05) is 19.0 Å². The maximum Gasteiger partial charge on any atom is 0.322 e. The molecule has 0 radical (unpaired) electrons. The van der Waals surface area contributed by atoms with Crippen LogP contribution in [0.5, 0.6) is 6.01 Å². The molecule has 0 aliphatic carbocycles. The van der Waals surface area contributed by atoms with Crippen LogP contribution in [0.2, 0.25) is 5.28 Å². The van der Waals surface area contributed by atoms with Gasteiger partial charge in [0.15, 0.2) is 0 Å². The van der Waals surface area contributed by atoms with Crippen molar-refractivity contribution in [3.05, 3.63) is 5.28 Å². The maximum atomic E-state index is 5.64. The quantitative estimate of drug-likeness (QED) is 0.754. The molecule has 0 bridgehead atoms. The molecular weight excluding hydrogens is 206 g/mol. The van der Waals surface area contributed by atoms with Crippen molar-refractivity contribution in [2.45, 2.75) is 13.0 Å². The molecule has 0 fully saturated rings. The van der Waals surface area contributed by atoms with Crippen molar-refractivity contribution in [3.63, 3.8) is 0 Å². The Morgan fingerprint density at radius 3 is 2.79 bits per heavy atom. The second-order valence-corrected chi connectivity index (χ2v) is 3.03. The van der Waals surface area contributed by atoms with Gasteiger partial charge in [-0.05, 0) is 18.5 Å². The molecule has 1 rings (SSSR count). The van der Waals surface area contributed by atoms with Crippen molar-refractivity contribution in [2.24, 2.45) is 5.73 Å². The molecule has 1 aromatic heterocycles. The number of nitrogens with two attached hydrogens (primary N) is 1. The Balaban J connectivity index is 2.81. The molecule has 6 nitrogen and oxygen atoms in total. The number of nitrogens with zero attached hydrogens (tertiary/aromatic N) is 3. The van der Waals surface area contributed by atoms with E-state index in [1.54, 1.807) is 0 Å². The summed E-state index contributed by atoms with van der Waals surface area (Å²) in [6.07, 6.45) is 0. The normalized spacial score (nSPS) is 12.3. The highest BCUT2D eigenvalue weighted by Crippen LogP contribution is 2.11. The number of aromatic nitrogens is 3. The Morgan fingerprint density at radius 1 is 1.50 bits per heavy atom. The molecule has 0 aliphatic rings. The molecule has 0 saturated heterocycles. The van der Waals surface area contributed by atoms with E-state index in [0.717, 1.165) is 0 Å². The van der Waals surface area contributed by atoms with Gasteiger partial charge in [-0.25, -0.2) is 0 Å². The average Bonchev–Trinajstić information content (AvgIpc) is 2.16. The molecule has 78 valence electrons. The zero-order valence-electron chi connectivity index (χ0n) is 7.99. The van der Waals surface area contributed by atoms with Crippen LogP contribution < -0.4 is 15.8 Å². The Bertz CT molecular complexity index is 308. The van der Waals surface area contributed by atoms with Gasteiger partial charge >= 0.3 is 6.01 Å². The largest absolute Gasteiger partial charge is 0.467 e. The lowest BCUT2D eigenvalue weighted by molar-refractivity contribution is 0.378. The number of methoxy groups -OCH3 is 1. The molecular formula is C7H12ClN5O. The summed E-state index contributed by atoms with van der Waals surface area (Å²) in [5, 5.41) is 3.04. The summed E-state index contributed by atoms with van der Waals surface area (Å²) in [5.41, 5.74) is 5.43. The van der Waals surface area contributed by atoms with Gasteiger partial charge < -0.3 is 15.8 Å². The van der Waals surface area contributed by atoms with Crippen LogP contribution in [0.25, 0.3) is 0 Å². The topological polar surface area (TPSA) is 86.0 Å².